The number of likely N-dealkylation sites (tertiary alicyclic amines) is 1. The summed E-state index contributed by atoms with van der Waals surface area (Å²) < 4.78 is 42.2. The highest BCUT2D eigenvalue weighted by atomic mass is 19.1. The first-order chi connectivity index (χ1) is 26.0. The molecule has 0 amide bonds. The largest absolute Gasteiger partial charge is 0.480 e. The van der Waals surface area contributed by atoms with Crippen LogP contribution in [0.3, 0.4) is 0 Å². The fourth-order valence-corrected chi connectivity index (χ4v) is 10.5. The fourth-order valence-electron chi connectivity index (χ4n) is 10.5. The first-order valence-corrected chi connectivity index (χ1v) is 20.1. The molecular formula is C41H54FN7O5. The zero-order valence-electron chi connectivity index (χ0n) is 32.3. The predicted molar refractivity (Wildman–Crippen MR) is 204 cm³/mol. The summed E-state index contributed by atoms with van der Waals surface area (Å²) in [6.07, 6.45) is 12.0. The van der Waals surface area contributed by atoms with Crippen LogP contribution in [0, 0.1) is 18.2 Å². The second-order valence-electron chi connectivity index (χ2n) is 17.2. The lowest BCUT2D eigenvalue weighted by Gasteiger charge is -2.51. The van der Waals surface area contributed by atoms with Gasteiger partial charge in [-0.2, -0.15) is 15.1 Å². The van der Waals surface area contributed by atoms with Gasteiger partial charge in [0.2, 0.25) is 5.88 Å². The van der Waals surface area contributed by atoms with Gasteiger partial charge in [0.05, 0.1) is 57.4 Å². The number of piperidine rings is 1. The van der Waals surface area contributed by atoms with E-state index in [0.29, 0.717) is 49.0 Å². The summed E-state index contributed by atoms with van der Waals surface area (Å²) in [4.78, 5) is 19.5. The Hall–Kier alpha value is -3.65. The number of H-pyrrole nitrogens is 1. The van der Waals surface area contributed by atoms with Gasteiger partial charge in [-0.15, -0.1) is 0 Å². The summed E-state index contributed by atoms with van der Waals surface area (Å²) in [6.45, 7) is 10.9. The SMILES string of the molecule is COc1nc(-c2c(C3CC3)c(C)cc3[nH]ncc23)c(F)c2nc(OCC34CCCC3N(C3CC(C)OC(C)C3)CCC4)nc(N3CCOCC(C)(O)C3)c12. The summed E-state index contributed by atoms with van der Waals surface area (Å²) in [5.41, 5.74) is 2.75. The maximum Gasteiger partial charge on any atom is 0.319 e. The van der Waals surface area contributed by atoms with Crippen LogP contribution in [0.5, 0.6) is 11.9 Å². The molecule has 2 saturated carbocycles. The van der Waals surface area contributed by atoms with Crippen molar-refractivity contribution >= 4 is 27.6 Å². The number of aromatic nitrogens is 5. The van der Waals surface area contributed by atoms with Gasteiger partial charge in [0.25, 0.3) is 0 Å². The third-order valence-corrected chi connectivity index (χ3v) is 12.9. The van der Waals surface area contributed by atoms with Crippen molar-refractivity contribution in [2.75, 3.05) is 51.5 Å². The molecule has 5 fully saturated rings. The Labute approximate surface area is 316 Å². The van der Waals surface area contributed by atoms with Gasteiger partial charge >= 0.3 is 6.01 Å². The molecule has 54 heavy (non-hydrogen) atoms. The van der Waals surface area contributed by atoms with Crippen LogP contribution in [-0.2, 0) is 9.47 Å². The van der Waals surface area contributed by atoms with E-state index >= 15 is 4.39 Å². The highest BCUT2D eigenvalue weighted by molar-refractivity contribution is 6.01. The molecule has 2 aliphatic carbocycles. The molecule has 1 aromatic carbocycles. The van der Waals surface area contributed by atoms with E-state index in [1.54, 1.807) is 20.2 Å². The second-order valence-corrected chi connectivity index (χ2v) is 17.2. The topological polar surface area (TPSA) is 131 Å². The van der Waals surface area contributed by atoms with Crippen molar-refractivity contribution in [3.05, 3.63) is 29.2 Å². The van der Waals surface area contributed by atoms with Gasteiger partial charge in [0.15, 0.2) is 5.82 Å². The molecule has 13 heteroatoms. The van der Waals surface area contributed by atoms with E-state index in [-0.39, 0.29) is 53.9 Å². The third kappa shape index (κ3) is 6.38. The lowest BCUT2D eigenvalue weighted by atomic mass is 9.74. The molecule has 3 aromatic heterocycles. The number of fused-ring (bicyclic) bond motifs is 3. The molecule has 12 nitrogen and oxygen atoms in total. The number of nitrogens with one attached hydrogen (secondary N) is 1. The fraction of sp³-hybridized carbons (Fsp3) is 0.659. The van der Waals surface area contributed by atoms with Crippen molar-refractivity contribution in [1.82, 2.24) is 30.0 Å². The minimum absolute atomic E-state index is 0.0467. The Kier molecular flexibility index (Phi) is 9.22. The smallest absolute Gasteiger partial charge is 0.319 e. The van der Waals surface area contributed by atoms with Crippen LogP contribution < -0.4 is 14.4 Å². The molecule has 0 radical (unpaired) electrons. The minimum atomic E-state index is -1.16. The van der Waals surface area contributed by atoms with Crippen LogP contribution in [0.15, 0.2) is 12.3 Å². The first kappa shape index (κ1) is 36.0. The summed E-state index contributed by atoms with van der Waals surface area (Å²) in [6, 6.07) is 3.09. The number of halogens is 1. The van der Waals surface area contributed by atoms with Gasteiger partial charge in [-0.1, -0.05) is 6.42 Å². The van der Waals surface area contributed by atoms with Gasteiger partial charge in [0.1, 0.15) is 28.0 Å². The average molecular weight is 744 g/mol. The molecule has 290 valence electrons. The van der Waals surface area contributed by atoms with Gasteiger partial charge < -0.3 is 29.0 Å². The van der Waals surface area contributed by atoms with Gasteiger partial charge in [-0.05, 0) is 109 Å². The van der Waals surface area contributed by atoms with Gasteiger partial charge in [-0.25, -0.2) is 9.37 Å². The highest BCUT2D eigenvalue weighted by Crippen LogP contribution is 2.51. The maximum absolute atomic E-state index is 17.6. The molecule has 3 saturated heterocycles. The van der Waals surface area contributed by atoms with Gasteiger partial charge in [0, 0.05) is 35.0 Å². The average Bonchev–Trinajstić information content (AvgIpc) is 3.76. The number of β-amino-alcohol motifs (C(OH)–C–C–N with tert-alkyl or cyclic N) is 1. The zero-order valence-corrected chi connectivity index (χ0v) is 32.3. The predicted octanol–water partition coefficient (Wildman–Crippen LogP) is 6.46. The molecule has 0 bridgehead atoms. The van der Waals surface area contributed by atoms with E-state index in [1.807, 2.05) is 4.90 Å². The third-order valence-electron chi connectivity index (χ3n) is 12.9. The van der Waals surface area contributed by atoms with Gasteiger partial charge in [-0.3, -0.25) is 10.00 Å². The highest BCUT2D eigenvalue weighted by Gasteiger charge is 2.51. The van der Waals surface area contributed by atoms with E-state index in [4.69, 9.17) is 33.9 Å². The number of aromatic amines is 1. The van der Waals surface area contributed by atoms with Crippen molar-refractivity contribution in [2.24, 2.45) is 5.41 Å². The number of benzene rings is 1. The van der Waals surface area contributed by atoms with Crippen LogP contribution in [-0.4, -0.2) is 112 Å². The zero-order chi connectivity index (χ0) is 37.4. The van der Waals surface area contributed by atoms with Crippen molar-refractivity contribution in [3.63, 3.8) is 0 Å². The Bertz CT molecular complexity index is 2040. The van der Waals surface area contributed by atoms with Crippen molar-refractivity contribution in [3.8, 4) is 23.1 Å². The number of pyridine rings is 1. The number of hydrogen-bond acceptors (Lipinski definition) is 11. The Morgan fingerprint density at radius 1 is 1.07 bits per heavy atom. The Morgan fingerprint density at radius 2 is 1.87 bits per heavy atom. The Morgan fingerprint density at radius 3 is 2.65 bits per heavy atom. The lowest BCUT2D eigenvalue weighted by Crippen LogP contribution is -2.57. The summed E-state index contributed by atoms with van der Waals surface area (Å²) >= 11 is 0. The molecule has 5 atom stereocenters. The van der Waals surface area contributed by atoms with E-state index in [9.17, 15) is 5.11 Å². The molecule has 0 spiro atoms. The summed E-state index contributed by atoms with van der Waals surface area (Å²) in [7, 11) is 1.54. The van der Waals surface area contributed by atoms with Crippen molar-refractivity contribution in [1.29, 1.82) is 0 Å². The summed E-state index contributed by atoms with van der Waals surface area (Å²) in [5, 5.41) is 19.8. The normalized spacial score (nSPS) is 30.8. The van der Waals surface area contributed by atoms with Crippen LogP contribution in [0.2, 0.25) is 0 Å². The van der Waals surface area contributed by atoms with Crippen LogP contribution >= 0.6 is 0 Å². The molecule has 5 aliphatic rings. The van der Waals surface area contributed by atoms with E-state index in [2.05, 4.69) is 41.9 Å². The minimum Gasteiger partial charge on any atom is -0.480 e. The van der Waals surface area contributed by atoms with E-state index in [0.717, 1.165) is 91.9 Å². The first-order valence-electron chi connectivity index (χ1n) is 20.1. The molecule has 3 aliphatic heterocycles. The quantitative estimate of drug-likeness (QED) is 0.206. The lowest BCUT2D eigenvalue weighted by molar-refractivity contribution is -0.0967. The van der Waals surface area contributed by atoms with Crippen molar-refractivity contribution in [2.45, 2.75) is 121 Å². The van der Waals surface area contributed by atoms with Crippen LogP contribution in [0.25, 0.3) is 33.1 Å². The Balaban J connectivity index is 1.16. The number of rotatable bonds is 8. The number of anilines is 1. The number of hydrogen-bond donors (Lipinski definition) is 2. The summed E-state index contributed by atoms with van der Waals surface area (Å²) in [5.74, 6) is 0.384. The van der Waals surface area contributed by atoms with Crippen LogP contribution in [0.1, 0.15) is 95.6 Å². The number of nitrogens with zero attached hydrogens (tertiary/aromatic N) is 6. The number of methoxy groups -OCH3 is 1. The maximum atomic E-state index is 17.6. The van der Waals surface area contributed by atoms with E-state index < -0.39 is 11.4 Å². The molecular weight excluding hydrogens is 689 g/mol. The number of aliphatic hydroxyl groups is 1. The molecule has 4 aromatic rings. The molecule has 5 unspecified atom stereocenters. The monoisotopic (exact) mass is 743 g/mol. The molecule has 2 N–H and O–H groups in total. The van der Waals surface area contributed by atoms with Crippen LogP contribution in [0.4, 0.5) is 10.2 Å². The number of ether oxygens (including phenoxy) is 4. The van der Waals surface area contributed by atoms with E-state index in [1.165, 1.54) is 0 Å². The van der Waals surface area contributed by atoms with Crippen molar-refractivity contribution < 1.29 is 28.4 Å². The molecule has 9 rings (SSSR count). The second kappa shape index (κ2) is 13.8. The molecule has 6 heterocycles. The standard InChI is InChI=1S/C41H54FN7O5/c1-23-16-29-28(19-43-47-29)32(31(23)26-9-10-26)35-34(42)36-33(38(44-35)51-5)37(48-14-15-52-21-40(4,50)20-48)46-39(45-36)53-22-41-11-6-8-30(41)49(13-7-12-41)27-17-24(2)54-25(3)18-27/h16,19,24-27,30,50H,6-15,17-18,20-22H2,1-5H3,(H,43,47). The number of aryl methyl sites for hydroxylation is 1.